The number of hydrogen-bond donors (Lipinski definition) is 1. The molecule has 1 aliphatic rings. The molecule has 1 heterocycles. The summed E-state index contributed by atoms with van der Waals surface area (Å²) >= 11 is 0. The van der Waals surface area contributed by atoms with Crippen molar-refractivity contribution in [2.24, 2.45) is 0 Å². The van der Waals surface area contributed by atoms with Crippen LogP contribution in [0.15, 0.2) is 48.5 Å². The molecule has 24 heavy (non-hydrogen) atoms. The van der Waals surface area contributed by atoms with Crippen molar-refractivity contribution in [1.82, 2.24) is 0 Å². The fraction of sp³-hybridized carbons (Fsp3) is 0.263. The molecule has 2 amide bonds. The van der Waals surface area contributed by atoms with Crippen LogP contribution in [0.5, 0.6) is 0 Å². The third kappa shape index (κ3) is 3.11. The first-order valence-electron chi connectivity index (χ1n) is 7.93. The summed E-state index contributed by atoms with van der Waals surface area (Å²) in [4.78, 5) is 28.2. The van der Waals surface area contributed by atoms with Gasteiger partial charge >= 0.3 is 0 Å². The molecule has 1 saturated heterocycles. The molecular weight excluding hydrogens is 302 g/mol. The van der Waals surface area contributed by atoms with Gasteiger partial charge in [-0.15, -0.1) is 0 Å². The molecule has 0 bridgehead atoms. The molecule has 0 spiro atoms. The average molecular weight is 323 g/mol. The maximum atomic E-state index is 12.6. The van der Waals surface area contributed by atoms with Crippen molar-refractivity contribution in [2.45, 2.75) is 19.4 Å². The van der Waals surface area contributed by atoms with Crippen LogP contribution in [0.3, 0.4) is 0 Å². The molecule has 0 aromatic heterocycles. The van der Waals surface area contributed by atoms with Crippen LogP contribution < -0.4 is 15.1 Å². The van der Waals surface area contributed by atoms with Gasteiger partial charge in [-0.3, -0.25) is 9.59 Å². The first-order chi connectivity index (χ1) is 11.5. The Morgan fingerprint density at radius 1 is 1.00 bits per heavy atom. The van der Waals surface area contributed by atoms with E-state index in [4.69, 9.17) is 0 Å². The lowest BCUT2D eigenvalue weighted by Gasteiger charge is -2.17. The van der Waals surface area contributed by atoms with Crippen molar-refractivity contribution in [2.75, 3.05) is 29.2 Å². The number of aryl methyl sites for hydroxylation is 1. The number of imide groups is 1. The summed E-state index contributed by atoms with van der Waals surface area (Å²) in [7, 11) is 3.95. The number of carbonyl (C=O) groups is 2. The van der Waals surface area contributed by atoms with Gasteiger partial charge in [0.2, 0.25) is 5.91 Å². The maximum Gasteiger partial charge on any atom is 0.256 e. The minimum atomic E-state index is -0.524. The first kappa shape index (κ1) is 16.1. The molecule has 2 aromatic carbocycles. The Kier molecular flexibility index (Phi) is 4.25. The van der Waals surface area contributed by atoms with Crippen LogP contribution in [-0.2, 0) is 9.59 Å². The van der Waals surface area contributed by atoms with Crippen LogP contribution in [-0.4, -0.2) is 32.0 Å². The van der Waals surface area contributed by atoms with Gasteiger partial charge in [0.1, 0.15) is 6.04 Å². The van der Waals surface area contributed by atoms with Crippen LogP contribution in [0.25, 0.3) is 0 Å². The van der Waals surface area contributed by atoms with Gasteiger partial charge in [-0.1, -0.05) is 17.7 Å². The Bertz CT molecular complexity index is 751. The summed E-state index contributed by atoms with van der Waals surface area (Å²) in [5.74, 6) is -0.383. The highest BCUT2D eigenvalue weighted by atomic mass is 16.2. The van der Waals surface area contributed by atoms with E-state index >= 15 is 0 Å². The van der Waals surface area contributed by atoms with E-state index < -0.39 is 6.04 Å². The number of hydrogen-bond acceptors (Lipinski definition) is 4. The Morgan fingerprint density at radius 3 is 2.21 bits per heavy atom. The highest BCUT2D eigenvalue weighted by Crippen LogP contribution is 2.25. The first-order valence-corrected chi connectivity index (χ1v) is 7.93. The zero-order chi connectivity index (χ0) is 17.3. The minimum absolute atomic E-state index is 0.169. The van der Waals surface area contributed by atoms with Crippen molar-refractivity contribution in [3.8, 4) is 0 Å². The number of anilines is 3. The molecule has 0 unspecified atom stereocenters. The van der Waals surface area contributed by atoms with Gasteiger partial charge in [0.25, 0.3) is 5.91 Å². The molecule has 5 nitrogen and oxygen atoms in total. The van der Waals surface area contributed by atoms with E-state index in [9.17, 15) is 9.59 Å². The second-order valence-corrected chi connectivity index (χ2v) is 6.25. The van der Waals surface area contributed by atoms with Crippen molar-refractivity contribution in [1.29, 1.82) is 0 Å². The molecule has 0 aliphatic carbocycles. The SMILES string of the molecule is Cc1ccc(N2C(=O)C[C@H](Nc3ccc(N(C)C)cc3)C2=O)cc1. The molecular formula is C19H21N3O2. The van der Waals surface area contributed by atoms with Crippen LogP contribution in [0.1, 0.15) is 12.0 Å². The zero-order valence-electron chi connectivity index (χ0n) is 14.1. The standard InChI is InChI=1S/C19H21N3O2/c1-13-4-8-16(9-5-13)22-18(23)12-17(19(22)24)20-14-6-10-15(11-7-14)21(2)3/h4-11,17,20H,12H2,1-3H3/t17-/m0/s1. The maximum absolute atomic E-state index is 12.6. The molecule has 124 valence electrons. The number of amides is 2. The van der Waals surface area contributed by atoms with Gasteiger partial charge < -0.3 is 10.2 Å². The Morgan fingerprint density at radius 2 is 1.62 bits per heavy atom. The monoisotopic (exact) mass is 323 g/mol. The molecule has 1 N–H and O–H groups in total. The predicted molar refractivity (Wildman–Crippen MR) is 96.5 cm³/mol. The average Bonchev–Trinajstić information content (AvgIpc) is 2.83. The topological polar surface area (TPSA) is 52.7 Å². The third-order valence-corrected chi connectivity index (χ3v) is 4.16. The number of carbonyl (C=O) groups excluding carboxylic acids is 2. The van der Waals surface area contributed by atoms with Crippen molar-refractivity contribution < 1.29 is 9.59 Å². The summed E-state index contributed by atoms with van der Waals surface area (Å²) in [6.07, 6.45) is 0.169. The molecule has 1 atom stereocenters. The normalized spacial score (nSPS) is 17.3. The molecule has 3 rings (SSSR count). The third-order valence-electron chi connectivity index (χ3n) is 4.16. The van der Waals surface area contributed by atoms with E-state index in [1.165, 1.54) is 4.90 Å². The lowest BCUT2D eigenvalue weighted by Crippen LogP contribution is -2.34. The zero-order valence-corrected chi connectivity index (χ0v) is 14.1. The van der Waals surface area contributed by atoms with Crippen molar-refractivity contribution >= 4 is 28.9 Å². The molecule has 1 fully saturated rings. The number of benzene rings is 2. The molecule has 5 heteroatoms. The minimum Gasteiger partial charge on any atom is -0.378 e. The van der Waals surface area contributed by atoms with Crippen molar-refractivity contribution in [3.05, 3.63) is 54.1 Å². The molecule has 2 aromatic rings. The molecule has 1 aliphatic heterocycles. The highest BCUT2D eigenvalue weighted by molar-refractivity contribution is 6.23. The van der Waals surface area contributed by atoms with E-state index in [1.807, 2.05) is 62.3 Å². The van der Waals surface area contributed by atoms with E-state index in [-0.39, 0.29) is 18.2 Å². The van der Waals surface area contributed by atoms with Crippen LogP contribution in [0.2, 0.25) is 0 Å². The highest BCUT2D eigenvalue weighted by Gasteiger charge is 2.39. The van der Waals surface area contributed by atoms with E-state index in [2.05, 4.69) is 5.32 Å². The molecule has 0 saturated carbocycles. The summed E-state index contributed by atoms with van der Waals surface area (Å²) in [5.41, 5.74) is 3.63. The summed E-state index contributed by atoms with van der Waals surface area (Å²) in [6, 6.07) is 14.7. The number of nitrogens with zero attached hydrogens (tertiary/aromatic N) is 2. The lowest BCUT2D eigenvalue weighted by atomic mass is 10.2. The molecule has 0 radical (unpaired) electrons. The lowest BCUT2D eigenvalue weighted by molar-refractivity contribution is -0.121. The van der Waals surface area contributed by atoms with E-state index in [0.29, 0.717) is 5.69 Å². The second kappa shape index (κ2) is 6.35. The Hall–Kier alpha value is -2.82. The van der Waals surface area contributed by atoms with Gasteiger partial charge in [-0.2, -0.15) is 0 Å². The van der Waals surface area contributed by atoms with Gasteiger partial charge in [0.05, 0.1) is 12.1 Å². The largest absolute Gasteiger partial charge is 0.378 e. The van der Waals surface area contributed by atoms with Crippen LogP contribution in [0, 0.1) is 6.92 Å². The fourth-order valence-electron chi connectivity index (χ4n) is 2.77. The fourth-order valence-corrected chi connectivity index (χ4v) is 2.77. The summed E-state index contributed by atoms with van der Waals surface area (Å²) in [6.45, 7) is 1.97. The van der Waals surface area contributed by atoms with Crippen LogP contribution >= 0.6 is 0 Å². The van der Waals surface area contributed by atoms with Crippen LogP contribution in [0.4, 0.5) is 17.1 Å². The summed E-state index contributed by atoms with van der Waals surface area (Å²) < 4.78 is 0. The van der Waals surface area contributed by atoms with E-state index in [0.717, 1.165) is 16.9 Å². The smallest absolute Gasteiger partial charge is 0.256 e. The Labute approximate surface area is 141 Å². The summed E-state index contributed by atoms with van der Waals surface area (Å²) in [5, 5.41) is 3.17. The van der Waals surface area contributed by atoms with Gasteiger partial charge in [-0.05, 0) is 43.3 Å². The predicted octanol–water partition coefficient (Wildman–Crippen LogP) is 2.81. The number of rotatable bonds is 4. The second-order valence-electron chi connectivity index (χ2n) is 6.25. The van der Waals surface area contributed by atoms with Gasteiger partial charge in [0, 0.05) is 25.5 Å². The van der Waals surface area contributed by atoms with Gasteiger partial charge in [-0.25, -0.2) is 4.90 Å². The van der Waals surface area contributed by atoms with E-state index in [1.54, 1.807) is 12.1 Å². The van der Waals surface area contributed by atoms with Crippen molar-refractivity contribution in [3.63, 3.8) is 0 Å². The van der Waals surface area contributed by atoms with Gasteiger partial charge in [0.15, 0.2) is 0 Å². The quantitative estimate of drug-likeness (QED) is 0.879. The Balaban J connectivity index is 1.75. The number of nitrogens with one attached hydrogen (secondary N) is 1.